The Labute approximate surface area is 113 Å². The van der Waals surface area contributed by atoms with Gasteiger partial charge in [0.1, 0.15) is 6.10 Å². The van der Waals surface area contributed by atoms with E-state index in [0.717, 1.165) is 18.7 Å². The molecule has 2 aliphatic rings. The number of hydrogen-bond acceptors (Lipinski definition) is 2. The second kappa shape index (κ2) is 4.64. The summed E-state index contributed by atoms with van der Waals surface area (Å²) in [7, 11) is 0. The summed E-state index contributed by atoms with van der Waals surface area (Å²) in [4.78, 5) is 0. The first-order valence-corrected chi connectivity index (χ1v) is 7.50. The first-order chi connectivity index (χ1) is 9.43. The predicted octanol–water partition coefficient (Wildman–Crippen LogP) is 3.69. The molecule has 3 nitrogen and oxygen atoms in total. The van der Waals surface area contributed by atoms with E-state index in [4.69, 9.17) is 9.84 Å². The predicted molar refractivity (Wildman–Crippen MR) is 75.0 cm³/mol. The molecule has 2 aromatic rings. The van der Waals surface area contributed by atoms with Gasteiger partial charge in [-0.05, 0) is 24.8 Å². The van der Waals surface area contributed by atoms with Gasteiger partial charge in [0.15, 0.2) is 0 Å². The van der Waals surface area contributed by atoms with Crippen LogP contribution in [-0.2, 0) is 11.3 Å². The largest absolute Gasteiger partial charge is 0.370 e. The maximum atomic E-state index is 6.15. The van der Waals surface area contributed by atoms with E-state index in [1.54, 1.807) is 0 Å². The van der Waals surface area contributed by atoms with Gasteiger partial charge in [-0.3, -0.25) is 4.68 Å². The Balaban J connectivity index is 1.80. The standard InChI is InChI=1S/C16H20N2O/c1-2-6-12(7-3-1)16-15-13-8-4-5-9-14(13)17-18(15)10-11-19-16/h4-5,8-9,12,16H,1-3,6-7,10-11H2. The second-order valence-electron chi connectivity index (χ2n) is 5.82. The van der Waals surface area contributed by atoms with Crippen LogP contribution in [0.25, 0.3) is 10.9 Å². The topological polar surface area (TPSA) is 27.1 Å². The van der Waals surface area contributed by atoms with Gasteiger partial charge < -0.3 is 4.74 Å². The highest BCUT2D eigenvalue weighted by atomic mass is 16.5. The second-order valence-corrected chi connectivity index (χ2v) is 5.82. The molecule has 4 rings (SSSR count). The number of benzene rings is 1. The monoisotopic (exact) mass is 256 g/mol. The quantitative estimate of drug-likeness (QED) is 0.778. The highest BCUT2D eigenvalue weighted by Gasteiger charge is 2.32. The van der Waals surface area contributed by atoms with Crippen molar-refractivity contribution in [2.75, 3.05) is 6.61 Å². The zero-order valence-corrected chi connectivity index (χ0v) is 11.2. The molecule has 1 aliphatic heterocycles. The number of ether oxygens (including phenoxy) is 1. The third-order valence-electron chi connectivity index (χ3n) is 4.63. The fraction of sp³-hybridized carbons (Fsp3) is 0.562. The molecule has 1 atom stereocenters. The number of aromatic nitrogens is 2. The normalized spacial score (nSPS) is 24.5. The molecule has 1 saturated carbocycles. The molecule has 1 fully saturated rings. The summed E-state index contributed by atoms with van der Waals surface area (Å²) in [5, 5.41) is 6.02. The first kappa shape index (κ1) is 11.5. The van der Waals surface area contributed by atoms with Gasteiger partial charge in [-0.15, -0.1) is 0 Å². The molecule has 1 aliphatic carbocycles. The summed E-state index contributed by atoms with van der Waals surface area (Å²) in [6.07, 6.45) is 6.99. The van der Waals surface area contributed by atoms with Crippen molar-refractivity contribution in [2.24, 2.45) is 5.92 Å². The lowest BCUT2D eigenvalue weighted by Crippen LogP contribution is -2.28. The van der Waals surface area contributed by atoms with Crippen molar-refractivity contribution >= 4 is 10.9 Å². The van der Waals surface area contributed by atoms with Gasteiger partial charge in [-0.25, -0.2) is 0 Å². The molecule has 0 saturated heterocycles. The molecular formula is C16H20N2O. The van der Waals surface area contributed by atoms with Crippen LogP contribution in [0.5, 0.6) is 0 Å². The van der Waals surface area contributed by atoms with Crippen LogP contribution < -0.4 is 0 Å². The van der Waals surface area contributed by atoms with Gasteiger partial charge in [0.2, 0.25) is 0 Å². The van der Waals surface area contributed by atoms with Crippen molar-refractivity contribution in [3.63, 3.8) is 0 Å². The van der Waals surface area contributed by atoms with E-state index in [1.165, 1.54) is 43.2 Å². The number of hydrogen-bond donors (Lipinski definition) is 0. The van der Waals surface area contributed by atoms with E-state index in [1.807, 2.05) is 0 Å². The van der Waals surface area contributed by atoms with Crippen LogP contribution in [0.2, 0.25) is 0 Å². The number of rotatable bonds is 1. The average molecular weight is 256 g/mol. The molecule has 0 bridgehead atoms. The Kier molecular flexibility index (Phi) is 2.80. The van der Waals surface area contributed by atoms with Crippen molar-refractivity contribution in [3.05, 3.63) is 30.0 Å². The molecule has 0 N–H and O–H groups in total. The van der Waals surface area contributed by atoms with Gasteiger partial charge in [-0.1, -0.05) is 37.5 Å². The van der Waals surface area contributed by atoms with Gasteiger partial charge in [0.05, 0.1) is 24.4 Å². The maximum absolute atomic E-state index is 6.15. The van der Waals surface area contributed by atoms with Crippen LogP contribution >= 0.6 is 0 Å². The number of fused-ring (bicyclic) bond motifs is 3. The van der Waals surface area contributed by atoms with Crippen molar-refractivity contribution in [3.8, 4) is 0 Å². The van der Waals surface area contributed by atoms with Crippen LogP contribution in [-0.4, -0.2) is 16.4 Å². The molecule has 0 radical (unpaired) electrons. The summed E-state index contributed by atoms with van der Waals surface area (Å²) in [5.74, 6) is 0.688. The molecule has 0 spiro atoms. The highest BCUT2D eigenvalue weighted by Crippen LogP contribution is 2.40. The van der Waals surface area contributed by atoms with Crippen molar-refractivity contribution < 1.29 is 4.74 Å². The van der Waals surface area contributed by atoms with E-state index in [2.05, 4.69) is 28.9 Å². The zero-order valence-electron chi connectivity index (χ0n) is 11.2. The van der Waals surface area contributed by atoms with Crippen LogP contribution in [0.3, 0.4) is 0 Å². The van der Waals surface area contributed by atoms with Gasteiger partial charge in [-0.2, -0.15) is 5.10 Å². The smallest absolute Gasteiger partial charge is 0.103 e. The molecule has 100 valence electrons. The minimum absolute atomic E-state index is 0.265. The fourth-order valence-corrected chi connectivity index (χ4v) is 3.71. The van der Waals surface area contributed by atoms with Crippen LogP contribution in [0, 0.1) is 5.92 Å². The SMILES string of the molecule is c1ccc2c3n(nc2c1)CCOC3C1CCCCC1. The lowest BCUT2D eigenvalue weighted by molar-refractivity contribution is -0.0295. The molecule has 3 heteroatoms. The minimum Gasteiger partial charge on any atom is -0.370 e. The Morgan fingerprint density at radius 2 is 1.95 bits per heavy atom. The molecule has 2 heterocycles. The molecule has 0 amide bonds. The van der Waals surface area contributed by atoms with Crippen molar-refractivity contribution in [1.82, 2.24) is 9.78 Å². The third kappa shape index (κ3) is 1.88. The summed E-state index contributed by atoms with van der Waals surface area (Å²) in [5.41, 5.74) is 2.44. The third-order valence-corrected chi connectivity index (χ3v) is 4.63. The van der Waals surface area contributed by atoms with Crippen LogP contribution in [0.4, 0.5) is 0 Å². The lowest BCUT2D eigenvalue weighted by atomic mass is 9.83. The molecule has 1 unspecified atom stereocenters. The summed E-state index contributed by atoms with van der Waals surface area (Å²) in [6.45, 7) is 1.70. The van der Waals surface area contributed by atoms with Crippen LogP contribution in [0.15, 0.2) is 24.3 Å². The van der Waals surface area contributed by atoms with E-state index in [9.17, 15) is 0 Å². The average Bonchev–Trinajstić information content (AvgIpc) is 2.86. The highest BCUT2D eigenvalue weighted by molar-refractivity contribution is 5.82. The fourth-order valence-electron chi connectivity index (χ4n) is 3.71. The lowest BCUT2D eigenvalue weighted by Gasteiger charge is -2.33. The Morgan fingerprint density at radius 3 is 2.84 bits per heavy atom. The Bertz CT molecular complexity index is 583. The molecule has 1 aromatic carbocycles. The van der Waals surface area contributed by atoms with E-state index in [-0.39, 0.29) is 6.10 Å². The van der Waals surface area contributed by atoms with Gasteiger partial charge in [0, 0.05) is 5.39 Å². The minimum atomic E-state index is 0.265. The van der Waals surface area contributed by atoms with E-state index < -0.39 is 0 Å². The Morgan fingerprint density at radius 1 is 1.11 bits per heavy atom. The zero-order chi connectivity index (χ0) is 12.7. The molecule has 19 heavy (non-hydrogen) atoms. The summed E-state index contributed by atoms with van der Waals surface area (Å²) >= 11 is 0. The molecule has 1 aromatic heterocycles. The van der Waals surface area contributed by atoms with E-state index >= 15 is 0 Å². The van der Waals surface area contributed by atoms with Crippen LogP contribution in [0.1, 0.15) is 43.9 Å². The van der Waals surface area contributed by atoms with Gasteiger partial charge >= 0.3 is 0 Å². The number of nitrogens with zero attached hydrogens (tertiary/aromatic N) is 2. The summed E-state index contributed by atoms with van der Waals surface area (Å²) in [6, 6.07) is 8.48. The van der Waals surface area contributed by atoms with Crippen molar-refractivity contribution in [1.29, 1.82) is 0 Å². The Hall–Kier alpha value is -1.35. The van der Waals surface area contributed by atoms with Gasteiger partial charge in [0.25, 0.3) is 0 Å². The summed E-state index contributed by atoms with van der Waals surface area (Å²) < 4.78 is 8.34. The first-order valence-electron chi connectivity index (χ1n) is 7.50. The molecular weight excluding hydrogens is 236 g/mol. The van der Waals surface area contributed by atoms with Crippen molar-refractivity contribution in [2.45, 2.75) is 44.8 Å². The maximum Gasteiger partial charge on any atom is 0.103 e. The van der Waals surface area contributed by atoms with E-state index in [0.29, 0.717) is 5.92 Å².